The lowest BCUT2D eigenvalue weighted by Gasteiger charge is -2.39. The van der Waals surface area contributed by atoms with Gasteiger partial charge in [0.05, 0.1) is 6.54 Å². The van der Waals surface area contributed by atoms with Crippen molar-refractivity contribution >= 4 is 27.3 Å². The summed E-state index contributed by atoms with van der Waals surface area (Å²) >= 11 is 0. The summed E-state index contributed by atoms with van der Waals surface area (Å²) in [4.78, 5) is 15.2. The molecule has 0 amide bonds. The Hall–Kier alpha value is -2.19. The topological polar surface area (TPSA) is 20.3 Å². The Balaban J connectivity index is 2.11. The highest BCUT2D eigenvalue weighted by molar-refractivity contribution is 6.20. The third-order valence-electron chi connectivity index (χ3n) is 4.95. The molecule has 0 radical (unpaired) electrons. The van der Waals surface area contributed by atoms with Gasteiger partial charge in [-0.2, -0.15) is 0 Å². The summed E-state index contributed by atoms with van der Waals surface area (Å²) in [7, 11) is 0. The maximum atomic E-state index is 13.0. The number of fused-ring (bicyclic) bond motifs is 6. The second-order valence-electron chi connectivity index (χ2n) is 7.39. The Bertz CT molecular complexity index is 934. The van der Waals surface area contributed by atoms with E-state index >= 15 is 0 Å². The number of hydrogen-bond acceptors (Lipinski definition) is 2. The third-order valence-corrected chi connectivity index (χ3v) is 4.95. The molecule has 3 aromatic carbocycles. The molecule has 0 saturated carbocycles. The standard InChI is InChI=1S/C21H21NO/c1-21(2,3)22-12-18-16-10-5-4-8-14(16)15-9-6-7-11-17(15)20(18)19(23)13-22/h4-11H,12-13H2,1-3H3. The van der Waals surface area contributed by atoms with Gasteiger partial charge in [0.15, 0.2) is 5.78 Å². The minimum absolute atomic E-state index is 0.0138. The molecule has 23 heavy (non-hydrogen) atoms. The molecular formula is C21H21NO. The lowest BCUT2D eigenvalue weighted by Crippen LogP contribution is -2.46. The zero-order valence-corrected chi connectivity index (χ0v) is 13.9. The minimum Gasteiger partial charge on any atom is -0.293 e. The number of benzene rings is 3. The first kappa shape index (κ1) is 14.4. The van der Waals surface area contributed by atoms with Gasteiger partial charge in [-0.25, -0.2) is 0 Å². The van der Waals surface area contributed by atoms with Crippen molar-refractivity contribution in [2.75, 3.05) is 6.54 Å². The van der Waals surface area contributed by atoms with Crippen molar-refractivity contribution in [2.24, 2.45) is 0 Å². The summed E-state index contributed by atoms with van der Waals surface area (Å²) < 4.78 is 0. The monoisotopic (exact) mass is 303 g/mol. The zero-order valence-electron chi connectivity index (χ0n) is 13.9. The number of rotatable bonds is 0. The first-order valence-corrected chi connectivity index (χ1v) is 8.17. The lowest BCUT2D eigenvalue weighted by atomic mass is 9.86. The van der Waals surface area contributed by atoms with Crippen LogP contribution in [0.1, 0.15) is 36.7 Å². The number of ketones is 1. The second kappa shape index (κ2) is 4.90. The molecule has 0 N–H and O–H groups in total. The van der Waals surface area contributed by atoms with Gasteiger partial charge in [-0.05, 0) is 47.9 Å². The Kier molecular flexibility index (Phi) is 3.07. The summed E-state index contributed by atoms with van der Waals surface area (Å²) in [5.74, 6) is 0.239. The van der Waals surface area contributed by atoms with Gasteiger partial charge in [-0.15, -0.1) is 0 Å². The van der Waals surface area contributed by atoms with Crippen molar-refractivity contribution in [1.82, 2.24) is 4.90 Å². The Morgan fingerprint density at radius 1 is 0.783 bits per heavy atom. The Labute approximate surface area is 136 Å². The van der Waals surface area contributed by atoms with Gasteiger partial charge in [-0.1, -0.05) is 48.5 Å². The van der Waals surface area contributed by atoms with Gasteiger partial charge in [0, 0.05) is 17.6 Å². The third kappa shape index (κ3) is 2.17. The first-order chi connectivity index (χ1) is 11.0. The largest absolute Gasteiger partial charge is 0.293 e. The first-order valence-electron chi connectivity index (χ1n) is 8.17. The summed E-state index contributed by atoms with van der Waals surface area (Å²) in [5, 5.41) is 4.73. The van der Waals surface area contributed by atoms with Crippen LogP contribution in [-0.4, -0.2) is 22.8 Å². The molecule has 3 aromatic rings. The molecule has 2 heteroatoms. The highest BCUT2D eigenvalue weighted by atomic mass is 16.1. The van der Waals surface area contributed by atoms with Gasteiger partial charge in [-0.3, -0.25) is 9.69 Å². The number of hydrogen-bond donors (Lipinski definition) is 0. The van der Waals surface area contributed by atoms with E-state index in [4.69, 9.17) is 0 Å². The number of carbonyl (C=O) groups excluding carboxylic acids is 1. The van der Waals surface area contributed by atoms with Crippen molar-refractivity contribution < 1.29 is 4.79 Å². The van der Waals surface area contributed by atoms with Gasteiger partial charge in [0.25, 0.3) is 0 Å². The van der Waals surface area contributed by atoms with Crippen LogP contribution in [0.3, 0.4) is 0 Å². The van der Waals surface area contributed by atoms with Crippen LogP contribution in [0.2, 0.25) is 0 Å². The maximum absolute atomic E-state index is 13.0. The summed E-state index contributed by atoms with van der Waals surface area (Å²) in [6.07, 6.45) is 0. The normalized spacial score (nSPS) is 16.0. The van der Waals surface area contributed by atoms with E-state index < -0.39 is 0 Å². The fourth-order valence-electron chi connectivity index (χ4n) is 3.67. The van der Waals surface area contributed by atoms with Crippen molar-refractivity contribution in [1.29, 1.82) is 0 Å². The SMILES string of the molecule is CC(C)(C)N1CC(=O)c2c(c3ccccc3c3ccccc23)C1. The fourth-order valence-corrected chi connectivity index (χ4v) is 3.67. The van der Waals surface area contributed by atoms with Crippen LogP contribution in [0, 0.1) is 0 Å². The van der Waals surface area contributed by atoms with E-state index in [1.165, 1.54) is 21.7 Å². The molecule has 0 aromatic heterocycles. The molecule has 2 nitrogen and oxygen atoms in total. The van der Waals surface area contributed by atoms with Crippen LogP contribution in [0.5, 0.6) is 0 Å². The molecule has 0 aliphatic carbocycles. The van der Waals surface area contributed by atoms with Crippen LogP contribution in [0.25, 0.3) is 21.5 Å². The predicted molar refractivity (Wildman–Crippen MR) is 95.9 cm³/mol. The van der Waals surface area contributed by atoms with E-state index in [9.17, 15) is 4.79 Å². The summed E-state index contributed by atoms with van der Waals surface area (Å²) in [5.41, 5.74) is 2.10. The smallest absolute Gasteiger partial charge is 0.177 e. The number of carbonyl (C=O) groups is 1. The van der Waals surface area contributed by atoms with Crippen LogP contribution in [-0.2, 0) is 6.54 Å². The van der Waals surface area contributed by atoms with Crippen molar-refractivity contribution in [2.45, 2.75) is 32.9 Å². The molecule has 116 valence electrons. The van der Waals surface area contributed by atoms with Crippen LogP contribution < -0.4 is 0 Å². The van der Waals surface area contributed by atoms with Crippen LogP contribution in [0.4, 0.5) is 0 Å². The van der Waals surface area contributed by atoms with Crippen molar-refractivity contribution in [3.63, 3.8) is 0 Å². The molecule has 0 atom stereocenters. The quantitative estimate of drug-likeness (QED) is 0.557. The molecule has 0 spiro atoms. The van der Waals surface area contributed by atoms with E-state index in [2.05, 4.69) is 68.1 Å². The van der Waals surface area contributed by atoms with Crippen molar-refractivity contribution in [3.05, 3.63) is 59.7 Å². The van der Waals surface area contributed by atoms with Gasteiger partial charge in [0.1, 0.15) is 0 Å². The Morgan fingerprint density at radius 2 is 1.30 bits per heavy atom. The fraction of sp³-hybridized carbons (Fsp3) is 0.286. The van der Waals surface area contributed by atoms with E-state index in [-0.39, 0.29) is 11.3 Å². The summed E-state index contributed by atoms with van der Waals surface area (Å²) in [6.45, 7) is 7.85. The van der Waals surface area contributed by atoms with E-state index in [0.717, 1.165) is 17.5 Å². The van der Waals surface area contributed by atoms with Crippen molar-refractivity contribution in [3.8, 4) is 0 Å². The molecule has 1 aliphatic rings. The van der Waals surface area contributed by atoms with E-state index in [0.29, 0.717) is 6.54 Å². The molecule has 0 unspecified atom stereocenters. The second-order valence-corrected chi connectivity index (χ2v) is 7.39. The number of Topliss-reactive ketones (excluding diaryl/α,β-unsaturated/α-hetero) is 1. The molecule has 0 saturated heterocycles. The minimum atomic E-state index is -0.0138. The lowest BCUT2D eigenvalue weighted by molar-refractivity contribution is 0.0751. The van der Waals surface area contributed by atoms with Gasteiger partial charge >= 0.3 is 0 Å². The van der Waals surface area contributed by atoms with Crippen LogP contribution in [0.15, 0.2) is 48.5 Å². The van der Waals surface area contributed by atoms with Gasteiger partial charge in [0.2, 0.25) is 0 Å². The molecule has 0 fully saturated rings. The van der Waals surface area contributed by atoms with Gasteiger partial charge < -0.3 is 0 Å². The highest BCUT2D eigenvalue weighted by Crippen LogP contribution is 2.37. The van der Waals surface area contributed by atoms with Crippen LogP contribution >= 0.6 is 0 Å². The molecular weight excluding hydrogens is 282 g/mol. The molecule has 0 bridgehead atoms. The predicted octanol–water partition coefficient (Wildman–Crippen LogP) is 4.79. The molecule has 1 heterocycles. The highest BCUT2D eigenvalue weighted by Gasteiger charge is 2.32. The number of nitrogens with zero attached hydrogens (tertiary/aromatic N) is 1. The van der Waals surface area contributed by atoms with E-state index in [1.807, 2.05) is 6.07 Å². The molecule has 4 rings (SSSR count). The summed E-state index contributed by atoms with van der Waals surface area (Å²) in [6, 6.07) is 16.8. The average molecular weight is 303 g/mol. The molecule has 1 aliphatic heterocycles. The Morgan fingerprint density at radius 3 is 1.91 bits per heavy atom. The zero-order chi connectivity index (χ0) is 16.2. The van der Waals surface area contributed by atoms with E-state index in [1.54, 1.807) is 0 Å². The average Bonchev–Trinajstić information content (AvgIpc) is 2.54. The maximum Gasteiger partial charge on any atom is 0.177 e.